The lowest BCUT2D eigenvalue weighted by molar-refractivity contribution is -0.140. The molecule has 0 radical (unpaired) electrons. The summed E-state index contributed by atoms with van der Waals surface area (Å²) in [7, 11) is 0. The second kappa shape index (κ2) is 11.6. The van der Waals surface area contributed by atoms with Gasteiger partial charge in [0.1, 0.15) is 18.0 Å². The van der Waals surface area contributed by atoms with Crippen molar-refractivity contribution >= 4 is 23.4 Å². The van der Waals surface area contributed by atoms with E-state index in [4.69, 9.17) is 20.2 Å². The molecule has 0 aliphatic carbocycles. The topological polar surface area (TPSA) is 135 Å². The van der Waals surface area contributed by atoms with Crippen LogP contribution < -0.4 is 26.0 Å². The number of carbonyl (C=O) groups excluding carboxylic acids is 2. The van der Waals surface area contributed by atoms with Gasteiger partial charge in [-0.1, -0.05) is 18.1 Å². The van der Waals surface area contributed by atoms with Crippen molar-refractivity contribution in [2.75, 3.05) is 43.4 Å². The van der Waals surface area contributed by atoms with Crippen LogP contribution in [0.2, 0.25) is 0 Å². The number of alkyl halides is 3. The molecule has 254 valence electrons. The van der Waals surface area contributed by atoms with Crippen molar-refractivity contribution < 1.29 is 36.6 Å². The van der Waals surface area contributed by atoms with Crippen LogP contribution in [0.15, 0.2) is 18.2 Å². The Bertz CT molecular complexity index is 1790. The molecule has 5 aliphatic rings. The molecule has 3 unspecified atom stereocenters. The summed E-state index contributed by atoms with van der Waals surface area (Å²) >= 11 is 0. The summed E-state index contributed by atoms with van der Waals surface area (Å²) in [4.78, 5) is 38.6. The lowest BCUT2D eigenvalue weighted by Gasteiger charge is -2.40. The summed E-state index contributed by atoms with van der Waals surface area (Å²) < 4.78 is 71.4. The number of ether oxygens (including phenoxy) is 2. The third-order valence-electron chi connectivity index (χ3n) is 10.1. The SMILES string of the molecule is C=C1CN2CCCC2(COc2nc3c(c(N4CCCC5(C4)NC(=O)NC5=O)n2)COC(c2c(F)c(N)cc(C#CC)c2C(F)(F)F)C3)C1. The number of nitrogen functional groups attached to an aromatic ring is 1. The maximum atomic E-state index is 15.6. The van der Waals surface area contributed by atoms with Gasteiger partial charge >= 0.3 is 18.2 Å². The van der Waals surface area contributed by atoms with Crippen molar-refractivity contribution in [1.29, 1.82) is 0 Å². The highest BCUT2D eigenvalue weighted by molar-refractivity contribution is 6.07. The van der Waals surface area contributed by atoms with Gasteiger partial charge in [-0.05, 0) is 51.6 Å². The summed E-state index contributed by atoms with van der Waals surface area (Å²) in [5.74, 6) is 3.55. The Balaban J connectivity index is 1.29. The number of carbonyl (C=O) groups is 2. The minimum atomic E-state index is -4.95. The Morgan fingerprint density at radius 2 is 2.02 bits per heavy atom. The van der Waals surface area contributed by atoms with Crippen LogP contribution in [0, 0.1) is 17.7 Å². The van der Waals surface area contributed by atoms with Gasteiger partial charge in [-0.15, -0.1) is 5.92 Å². The van der Waals surface area contributed by atoms with Crippen LogP contribution in [0.25, 0.3) is 0 Å². The van der Waals surface area contributed by atoms with Gasteiger partial charge in [-0.25, -0.2) is 9.18 Å². The number of amides is 3. The van der Waals surface area contributed by atoms with Gasteiger partial charge in [0.15, 0.2) is 5.82 Å². The van der Waals surface area contributed by atoms with Gasteiger partial charge in [0.2, 0.25) is 0 Å². The number of halogens is 4. The monoisotopic (exact) mass is 669 g/mol. The normalized spacial score (nSPS) is 27.0. The highest BCUT2D eigenvalue weighted by atomic mass is 19.4. The second-order valence-corrected chi connectivity index (χ2v) is 13.2. The molecule has 1 aromatic heterocycles. The minimum absolute atomic E-state index is 0.00398. The Morgan fingerprint density at radius 3 is 2.75 bits per heavy atom. The third kappa shape index (κ3) is 5.40. The largest absolute Gasteiger partial charge is 0.461 e. The van der Waals surface area contributed by atoms with Crippen LogP contribution in [-0.4, -0.2) is 70.7 Å². The van der Waals surface area contributed by atoms with Crippen molar-refractivity contribution in [2.24, 2.45) is 0 Å². The van der Waals surface area contributed by atoms with Crippen LogP contribution in [0.4, 0.5) is 33.9 Å². The number of hydrogen-bond donors (Lipinski definition) is 3. The van der Waals surface area contributed by atoms with Gasteiger partial charge in [0.25, 0.3) is 5.91 Å². The van der Waals surface area contributed by atoms with E-state index in [9.17, 15) is 22.8 Å². The molecule has 1 aromatic carbocycles. The summed E-state index contributed by atoms with van der Waals surface area (Å²) in [5, 5.41) is 5.05. The number of aromatic nitrogens is 2. The van der Waals surface area contributed by atoms with E-state index in [1.165, 1.54) is 6.92 Å². The third-order valence-corrected chi connectivity index (χ3v) is 10.1. The van der Waals surface area contributed by atoms with E-state index in [0.717, 1.165) is 44.0 Å². The van der Waals surface area contributed by atoms with Gasteiger partial charge in [-0.3, -0.25) is 15.0 Å². The fourth-order valence-electron chi connectivity index (χ4n) is 7.98. The van der Waals surface area contributed by atoms with Crippen LogP contribution in [0.5, 0.6) is 6.01 Å². The molecular weight excluding hydrogens is 634 g/mol. The van der Waals surface area contributed by atoms with Gasteiger partial charge in [-0.2, -0.15) is 23.1 Å². The fraction of sp³-hybridized carbons (Fsp3) is 0.515. The zero-order valence-electron chi connectivity index (χ0n) is 26.4. The lowest BCUT2D eigenvalue weighted by Crippen LogP contribution is -2.59. The van der Waals surface area contributed by atoms with Gasteiger partial charge in [0, 0.05) is 36.2 Å². The van der Waals surface area contributed by atoms with E-state index < -0.39 is 58.0 Å². The number of nitrogens with zero attached hydrogens (tertiary/aromatic N) is 4. The first-order valence-electron chi connectivity index (χ1n) is 15.9. The summed E-state index contributed by atoms with van der Waals surface area (Å²) in [6, 6.07) is 0.302. The number of nitrogens with two attached hydrogens (primary N) is 1. The zero-order chi connectivity index (χ0) is 34.0. The van der Waals surface area contributed by atoms with E-state index in [2.05, 4.69) is 38.9 Å². The van der Waals surface area contributed by atoms with Gasteiger partial charge < -0.3 is 25.4 Å². The highest BCUT2D eigenvalue weighted by Crippen LogP contribution is 2.45. The number of nitrogens with one attached hydrogen (secondary N) is 2. The maximum Gasteiger partial charge on any atom is 0.418 e. The smallest absolute Gasteiger partial charge is 0.418 e. The molecule has 6 heterocycles. The molecule has 48 heavy (non-hydrogen) atoms. The number of fused-ring (bicyclic) bond motifs is 2. The average molecular weight is 670 g/mol. The van der Waals surface area contributed by atoms with Crippen molar-refractivity contribution in [3.05, 3.63) is 52.0 Å². The summed E-state index contributed by atoms with van der Waals surface area (Å²) in [5.41, 5.74) is 3.41. The predicted molar refractivity (Wildman–Crippen MR) is 165 cm³/mol. The summed E-state index contributed by atoms with van der Waals surface area (Å²) in [6.45, 7) is 7.82. The molecule has 4 saturated heterocycles. The van der Waals surface area contributed by atoms with E-state index in [1.807, 2.05) is 4.90 Å². The molecule has 5 aliphatic heterocycles. The summed E-state index contributed by atoms with van der Waals surface area (Å²) in [6.07, 6.45) is -2.97. The first-order chi connectivity index (χ1) is 22.8. The van der Waals surface area contributed by atoms with E-state index >= 15 is 4.39 Å². The Labute approximate surface area is 274 Å². The predicted octanol–water partition coefficient (Wildman–Crippen LogP) is 3.75. The number of hydrogen-bond acceptors (Lipinski definition) is 9. The van der Waals surface area contributed by atoms with Crippen LogP contribution in [-0.2, 0) is 28.7 Å². The molecule has 15 heteroatoms. The highest BCUT2D eigenvalue weighted by Gasteiger charge is 2.50. The molecule has 3 amide bonds. The zero-order valence-corrected chi connectivity index (χ0v) is 26.4. The van der Waals surface area contributed by atoms with Crippen molar-refractivity contribution in [2.45, 2.75) is 75.4 Å². The quantitative estimate of drug-likeness (QED) is 0.143. The fourth-order valence-corrected chi connectivity index (χ4v) is 7.98. The number of piperidine rings is 1. The molecule has 4 N–H and O–H groups in total. The molecule has 3 atom stereocenters. The van der Waals surface area contributed by atoms with Crippen LogP contribution in [0.1, 0.15) is 73.1 Å². The van der Waals surface area contributed by atoms with Crippen LogP contribution >= 0.6 is 0 Å². The molecule has 0 bridgehead atoms. The van der Waals surface area contributed by atoms with E-state index in [-0.39, 0.29) is 37.7 Å². The number of imide groups is 1. The molecular formula is C33H35F4N7O4. The number of benzene rings is 1. The Kier molecular flexibility index (Phi) is 7.78. The molecule has 0 saturated carbocycles. The van der Waals surface area contributed by atoms with Gasteiger partial charge in [0.05, 0.1) is 41.7 Å². The van der Waals surface area contributed by atoms with E-state index in [1.54, 1.807) is 0 Å². The average Bonchev–Trinajstić information content (AvgIpc) is 3.64. The van der Waals surface area contributed by atoms with Crippen molar-refractivity contribution in [3.63, 3.8) is 0 Å². The number of rotatable bonds is 5. The second-order valence-electron chi connectivity index (χ2n) is 13.2. The first kappa shape index (κ1) is 32.1. The van der Waals surface area contributed by atoms with Crippen molar-refractivity contribution in [3.8, 4) is 17.9 Å². The van der Waals surface area contributed by atoms with E-state index in [0.29, 0.717) is 36.5 Å². The molecule has 2 aromatic rings. The maximum absolute atomic E-state index is 15.6. The van der Waals surface area contributed by atoms with Crippen molar-refractivity contribution in [1.82, 2.24) is 25.5 Å². The standard InChI is InChI=1S/C33H35F4N7O4/c1-3-6-19-11-21(38)26(34)24(25(19)33(35,36)37)23-12-22-20(15-47-23)27(43-9-5-8-32(16-43)28(45)41-29(46)42-32)40-30(39-22)48-17-31-7-4-10-44(31)14-18(2)13-31/h11,23H,2,4-5,7-10,12-17,38H2,1H3,(H2,41,42,45,46). The Hall–Kier alpha value is -4.42. The molecule has 1 spiro atoms. The first-order valence-corrected chi connectivity index (χ1v) is 15.9. The minimum Gasteiger partial charge on any atom is -0.461 e. The van der Waals surface area contributed by atoms with Crippen LogP contribution in [0.3, 0.4) is 0 Å². The number of urea groups is 1. The number of anilines is 2. The lowest BCUT2D eigenvalue weighted by atomic mass is 9.88. The Morgan fingerprint density at radius 1 is 1.23 bits per heavy atom. The molecule has 11 nitrogen and oxygen atoms in total. The molecule has 4 fully saturated rings. The molecule has 7 rings (SSSR count).